The van der Waals surface area contributed by atoms with E-state index in [-0.39, 0.29) is 11.7 Å². The molecule has 0 unspecified atom stereocenters. The Morgan fingerprint density at radius 1 is 1.04 bits per heavy atom. The second kappa shape index (κ2) is 6.45. The van der Waals surface area contributed by atoms with Crippen molar-refractivity contribution in [3.63, 3.8) is 0 Å². The Labute approximate surface area is 134 Å². The summed E-state index contributed by atoms with van der Waals surface area (Å²) in [6, 6.07) is 15.8. The third-order valence-electron chi connectivity index (χ3n) is 3.78. The molecule has 0 N–H and O–H groups in total. The van der Waals surface area contributed by atoms with Crippen molar-refractivity contribution in [1.82, 2.24) is 0 Å². The van der Waals surface area contributed by atoms with Gasteiger partial charge in [-0.3, -0.25) is 9.59 Å². The largest absolute Gasteiger partial charge is 0.489 e. The fourth-order valence-corrected chi connectivity index (χ4v) is 2.22. The van der Waals surface area contributed by atoms with E-state index in [1.807, 2.05) is 12.1 Å². The molecule has 23 heavy (non-hydrogen) atoms. The maximum atomic E-state index is 12.0. The van der Waals surface area contributed by atoms with Gasteiger partial charge in [0, 0.05) is 11.5 Å². The van der Waals surface area contributed by atoms with Gasteiger partial charge in [0.2, 0.25) is 11.6 Å². The van der Waals surface area contributed by atoms with Crippen LogP contribution in [0.1, 0.15) is 34.3 Å². The number of ketones is 2. The number of nitrogens with zero attached hydrogens (tertiary/aromatic N) is 1. The number of rotatable bonds is 6. The molecule has 0 heterocycles. The molecule has 1 fully saturated rings. The average molecular weight is 305 g/mol. The van der Waals surface area contributed by atoms with E-state index in [2.05, 4.69) is 6.07 Å². The van der Waals surface area contributed by atoms with E-state index in [4.69, 9.17) is 10.00 Å². The molecule has 3 rings (SSSR count). The van der Waals surface area contributed by atoms with Crippen LogP contribution in [0.4, 0.5) is 0 Å². The second-order valence-electron chi connectivity index (χ2n) is 5.59. The summed E-state index contributed by atoms with van der Waals surface area (Å²) >= 11 is 0. The quantitative estimate of drug-likeness (QED) is 0.606. The van der Waals surface area contributed by atoms with Crippen molar-refractivity contribution < 1.29 is 14.3 Å². The number of hydrogen-bond acceptors (Lipinski definition) is 4. The molecule has 2 aromatic rings. The van der Waals surface area contributed by atoms with Crippen molar-refractivity contribution in [2.75, 3.05) is 0 Å². The van der Waals surface area contributed by atoms with Gasteiger partial charge in [0.25, 0.3) is 0 Å². The Bertz CT molecular complexity index is 766. The fourth-order valence-electron chi connectivity index (χ4n) is 2.22. The molecule has 0 atom stereocenters. The smallest absolute Gasteiger partial charge is 0.228 e. The first kappa shape index (κ1) is 15.0. The van der Waals surface area contributed by atoms with Crippen molar-refractivity contribution in [2.45, 2.75) is 19.4 Å². The van der Waals surface area contributed by atoms with Crippen molar-refractivity contribution in [1.29, 1.82) is 5.26 Å². The van der Waals surface area contributed by atoms with Crippen LogP contribution in [0.15, 0.2) is 48.5 Å². The van der Waals surface area contributed by atoms with Gasteiger partial charge in [0.15, 0.2) is 0 Å². The van der Waals surface area contributed by atoms with Crippen LogP contribution < -0.4 is 4.74 Å². The van der Waals surface area contributed by atoms with Crippen LogP contribution in [-0.2, 0) is 11.4 Å². The summed E-state index contributed by atoms with van der Waals surface area (Å²) in [5, 5.41) is 8.75. The molecule has 1 aliphatic carbocycles. The van der Waals surface area contributed by atoms with E-state index in [0.29, 0.717) is 23.5 Å². The van der Waals surface area contributed by atoms with Gasteiger partial charge in [-0.25, -0.2) is 0 Å². The number of benzene rings is 2. The van der Waals surface area contributed by atoms with Crippen LogP contribution in [-0.4, -0.2) is 11.6 Å². The molecule has 4 nitrogen and oxygen atoms in total. The Morgan fingerprint density at radius 3 is 2.26 bits per heavy atom. The zero-order valence-corrected chi connectivity index (χ0v) is 12.5. The van der Waals surface area contributed by atoms with Gasteiger partial charge in [-0.05, 0) is 54.8 Å². The third kappa shape index (κ3) is 3.64. The van der Waals surface area contributed by atoms with Gasteiger partial charge in [-0.15, -0.1) is 0 Å². The molecule has 0 radical (unpaired) electrons. The molecule has 0 bridgehead atoms. The minimum atomic E-state index is -0.411. The van der Waals surface area contributed by atoms with E-state index in [1.54, 1.807) is 36.4 Å². The summed E-state index contributed by atoms with van der Waals surface area (Å²) in [5.74, 6) is -0.123. The lowest BCUT2D eigenvalue weighted by molar-refractivity contribution is -0.116. The molecule has 0 spiro atoms. The van der Waals surface area contributed by atoms with Gasteiger partial charge < -0.3 is 4.74 Å². The Kier molecular flexibility index (Phi) is 4.20. The minimum Gasteiger partial charge on any atom is -0.489 e. The summed E-state index contributed by atoms with van der Waals surface area (Å²) in [6.45, 7) is 0.375. The Morgan fingerprint density at radius 2 is 1.70 bits per heavy atom. The molecule has 2 aromatic carbocycles. The number of carbonyl (C=O) groups is 2. The van der Waals surface area contributed by atoms with Crippen molar-refractivity contribution in [3.05, 3.63) is 65.2 Å². The van der Waals surface area contributed by atoms with Crippen LogP contribution in [0.25, 0.3) is 0 Å². The molecular weight excluding hydrogens is 290 g/mol. The number of Topliss-reactive ketones (excluding diaryl/α,β-unsaturated/α-hetero) is 2. The molecule has 0 aliphatic heterocycles. The van der Waals surface area contributed by atoms with Crippen molar-refractivity contribution in [2.24, 2.45) is 5.92 Å². The van der Waals surface area contributed by atoms with Gasteiger partial charge >= 0.3 is 0 Å². The molecule has 114 valence electrons. The summed E-state index contributed by atoms with van der Waals surface area (Å²) in [6.07, 6.45) is 1.66. The van der Waals surface area contributed by atoms with E-state index < -0.39 is 5.78 Å². The number of carbonyl (C=O) groups excluding carboxylic acids is 2. The Hall–Kier alpha value is -2.93. The first-order valence-electron chi connectivity index (χ1n) is 7.48. The lowest BCUT2D eigenvalue weighted by atomic mass is 10.0. The van der Waals surface area contributed by atoms with Crippen LogP contribution in [0.5, 0.6) is 5.75 Å². The highest BCUT2D eigenvalue weighted by atomic mass is 16.5. The highest BCUT2D eigenvalue weighted by Gasteiger charge is 2.34. The SMILES string of the molecule is N#Cc1ccc(COc2ccc(C(=O)C(=O)C3CC3)cc2)cc1. The lowest BCUT2D eigenvalue weighted by Gasteiger charge is -2.07. The van der Waals surface area contributed by atoms with Gasteiger partial charge in [-0.2, -0.15) is 5.26 Å². The van der Waals surface area contributed by atoms with Crippen LogP contribution in [0.3, 0.4) is 0 Å². The zero-order valence-electron chi connectivity index (χ0n) is 12.5. The minimum absolute atomic E-state index is 0.0604. The topological polar surface area (TPSA) is 67.2 Å². The maximum Gasteiger partial charge on any atom is 0.228 e. The van der Waals surface area contributed by atoms with Crippen LogP contribution >= 0.6 is 0 Å². The molecule has 0 amide bonds. The van der Waals surface area contributed by atoms with Crippen molar-refractivity contribution in [3.8, 4) is 11.8 Å². The predicted octanol–water partition coefficient (Wildman–Crippen LogP) is 3.30. The summed E-state index contributed by atoms with van der Waals surface area (Å²) in [5.41, 5.74) is 1.97. The fraction of sp³-hybridized carbons (Fsp3) is 0.211. The third-order valence-corrected chi connectivity index (χ3v) is 3.78. The number of ether oxygens (including phenoxy) is 1. The van der Waals surface area contributed by atoms with Crippen molar-refractivity contribution >= 4 is 11.6 Å². The molecule has 0 aromatic heterocycles. The molecular formula is C19H15NO3. The van der Waals surface area contributed by atoms with Crippen LogP contribution in [0.2, 0.25) is 0 Å². The average Bonchev–Trinajstić information content (AvgIpc) is 3.44. The Balaban J connectivity index is 1.59. The second-order valence-corrected chi connectivity index (χ2v) is 5.59. The van der Waals surface area contributed by atoms with E-state index >= 15 is 0 Å². The van der Waals surface area contributed by atoms with Gasteiger partial charge in [-0.1, -0.05) is 12.1 Å². The maximum absolute atomic E-state index is 12.0. The van der Waals surface area contributed by atoms with E-state index in [1.165, 1.54) is 0 Å². The standard InChI is InChI=1S/C19H15NO3/c20-11-13-1-3-14(4-2-13)12-23-17-9-7-16(8-10-17)19(22)18(21)15-5-6-15/h1-4,7-10,15H,5-6,12H2. The molecule has 1 aliphatic rings. The number of hydrogen-bond donors (Lipinski definition) is 0. The monoisotopic (exact) mass is 305 g/mol. The number of nitriles is 1. The normalized spacial score (nSPS) is 13.2. The first-order valence-corrected chi connectivity index (χ1v) is 7.48. The summed E-state index contributed by atoms with van der Waals surface area (Å²) in [7, 11) is 0. The summed E-state index contributed by atoms with van der Waals surface area (Å²) < 4.78 is 5.64. The molecule has 1 saturated carbocycles. The highest BCUT2D eigenvalue weighted by Crippen LogP contribution is 2.31. The molecule has 0 saturated heterocycles. The van der Waals surface area contributed by atoms with Gasteiger partial charge in [0.1, 0.15) is 12.4 Å². The lowest BCUT2D eigenvalue weighted by Crippen LogP contribution is -2.15. The summed E-state index contributed by atoms with van der Waals surface area (Å²) in [4.78, 5) is 23.7. The van der Waals surface area contributed by atoms with E-state index in [0.717, 1.165) is 18.4 Å². The predicted molar refractivity (Wildman–Crippen MR) is 84.0 cm³/mol. The van der Waals surface area contributed by atoms with Gasteiger partial charge in [0.05, 0.1) is 11.6 Å². The molecule has 4 heteroatoms. The zero-order chi connectivity index (χ0) is 16.2. The first-order chi connectivity index (χ1) is 11.2. The van der Waals surface area contributed by atoms with Crippen LogP contribution in [0, 0.1) is 17.2 Å². The highest BCUT2D eigenvalue weighted by molar-refractivity contribution is 6.44. The van der Waals surface area contributed by atoms with E-state index in [9.17, 15) is 9.59 Å².